The number of hydrogen-bond donors (Lipinski definition) is 0. The predicted octanol–water partition coefficient (Wildman–Crippen LogP) is 4.46. The number of halogens is 1. The quantitative estimate of drug-likeness (QED) is 0.451. The Morgan fingerprint density at radius 3 is 2.61 bits per heavy atom. The van der Waals surface area contributed by atoms with Crippen LogP contribution in [-0.2, 0) is 17.9 Å². The van der Waals surface area contributed by atoms with Gasteiger partial charge < -0.3 is 4.90 Å². The SMILES string of the molecule is O=C(Cn1cnc2scc(-c3ccccc3)c2c1=O)N(Cc1ccccc1F)C1CC1. The molecular formula is C24H20FN3O2S. The molecule has 1 aliphatic rings. The van der Waals surface area contributed by atoms with Crippen LogP contribution in [0.25, 0.3) is 21.3 Å². The number of fused-ring (bicyclic) bond motifs is 1. The molecule has 7 heteroatoms. The van der Waals surface area contributed by atoms with Crippen LogP contribution in [0.1, 0.15) is 18.4 Å². The summed E-state index contributed by atoms with van der Waals surface area (Å²) < 4.78 is 15.5. The Balaban J connectivity index is 1.45. The number of carbonyl (C=O) groups is 1. The molecule has 1 fully saturated rings. The summed E-state index contributed by atoms with van der Waals surface area (Å²) in [5.74, 6) is -0.530. The number of hydrogen-bond acceptors (Lipinski definition) is 4. The maximum atomic E-state index is 14.1. The van der Waals surface area contributed by atoms with Crippen LogP contribution in [-0.4, -0.2) is 26.4 Å². The summed E-state index contributed by atoms with van der Waals surface area (Å²) in [7, 11) is 0. The molecule has 5 nitrogen and oxygen atoms in total. The lowest BCUT2D eigenvalue weighted by Crippen LogP contribution is -2.37. The number of thiophene rings is 1. The lowest BCUT2D eigenvalue weighted by atomic mass is 10.1. The second-order valence-corrected chi connectivity index (χ2v) is 8.58. The molecule has 4 aromatic rings. The van der Waals surface area contributed by atoms with Gasteiger partial charge in [-0.2, -0.15) is 0 Å². The molecule has 2 aromatic heterocycles. The van der Waals surface area contributed by atoms with E-state index in [1.54, 1.807) is 23.1 Å². The molecule has 0 atom stereocenters. The average Bonchev–Trinajstić information content (AvgIpc) is 3.53. The van der Waals surface area contributed by atoms with Gasteiger partial charge in [0.05, 0.1) is 11.7 Å². The Kier molecular flexibility index (Phi) is 5.11. The van der Waals surface area contributed by atoms with Crippen LogP contribution in [0.5, 0.6) is 0 Å². The molecule has 0 saturated heterocycles. The van der Waals surface area contributed by atoms with Crippen molar-refractivity contribution in [2.45, 2.75) is 32.0 Å². The van der Waals surface area contributed by atoms with E-state index in [9.17, 15) is 14.0 Å². The number of carbonyl (C=O) groups excluding carboxylic acids is 1. The van der Waals surface area contributed by atoms with Gasteiger partial charge in [-0.1, -0.05) is 48.5 Å². The normalized spacial score (nSPS) is 13.5. The second-order valence-electron chi connectivity index (χ2n) is 7.72. The van der Waals surface area contributed by atoms with Gasteiger partial charge in [0.25, 0.3) is 5.56 Å². The van der Waals surface area contributed by atoms with Crippen molar-refractivity contribution in [3.05, 3.63) is 88.0 Å². The van der Waals surface area contributed by atoms with Crippen molar-refractivity contribution in [3.8, 4) is 11.1 Å². The molecule has 2 heterocycles. The third-order valence-electron chi connectivity index (χ3n) is 5.56. The van der Waals surface area contributed by atoms with Crippen molar-refractivity contribution < 1.29 is 9.18 Å². The van der Waals surface area contributed by atoms with Crippen LogP contribution in [0.3, 0.4) is 0 Å². The summed E-state index contributed by atoms with van der Waals surface area (Å²) >= 11 is 1.41. The van der Waals surface area contributed by atoms with E-state index in [4.69, 9.17) is 0 Å². The van der Waals surface area contributed by atoms with E-state index in [0.29, 0.717) is 15.8 Å². The zero-order valence-electron chi connectivity index (χ0n) is 16.7. The maximum absolute atomic E-state index is 14.1. The highest BCUT2D eigenvalue weighted by atomic mass is 32.1. The third-order valence-corrected chi connectivity index (χ3v) is 6.44. The minimum Gasteiger partial charge on any atom is -0.334 e. The van der Waals surface area contributed by atoms with E-state index < -0.39 is 0 Å². The molecule has 0 unspecified atom stereocenters. The summed E-state index contributed by atoms with van der Waals surface area (Å²) in [6, 6.07) is 16.3. The number of benzene rings is 2. The standard InChI is InChI=1S/C24H20FN3O2S/c25-20-9-5-4-8-17(20)12-28(18-10-11-18)21(29)13-27-15-26-23-22(24(27)30)19(14-31-23)16-6-2-1-3-7-16/h1-9,14-15,18H,10-13H2. The van der Waals surface area contributed by atoms with Gasteiger partial charge >= 0.3 is 0 Å². The second kappa shape index (κ2) is 8.07. The fraction of sp³-hybridized carbons (Fsp3) is 0.208. The summed E-state index contributed by atoms with van der Waals surface area (Å²) in [5.41, 5.74) is 2.01. The van der Waals surface area contributed by atoms with Crippen molar-refractivity contribution in [1.82, 2.24) is 14.5 Å². The monoisotopic (exact) mass is 433 g/mol. The van der Waals surface area contributed by atoms with Gasteiger partial charge in [0.1, 0.15) is 17.2 Å². The molecule has 1 saturated carbocycles. The number of amides is 1. The number of aromatic nitrogens is 2. The number of rotatable bonds is 6. The molecule has 1 amide bonds. The van der Waals surface area contributed by atoms with Crippen molar-refractivity contribution in [2.75, 3.05) is 0 Å². The summed E-state index contributed by atoms with van der Waals surface area (Å²) in [6.45, 7) is 0.0884. The summed E-state index contributed by atoms with van der Waals surface area (Å²) in [4.78, 5) is 33.1. The zero-order chi connectivity index (χ0) is 21.4. The molecular weight excluding hydrogens is 413 g/mol. The molecule has 0 aliphatic heterocycles. The first-order chi connectivity index (χ1) is 15.1. The maximum Gasteiger partial charge on any atom is 0.263 e. The Morgan fingerprint density at radius 1 is 1.13 bits per heavy atom. The lowest BCUT2D eigenvalue weighted by Gasteiger charge is -2.23. The van der Waals surface area contributed by atoms with E-state index in [2.05, 4.69) is 4.98 Å². The first-order valence-electron chi connectivity index (χ1n) is 10.2. The van der Waals surface area contributed by atoms with Crippen LogP contribution in [0.15, 0.2) is 71.1 Å². The third kappa shape index (κ3) is 3.88. The Bertz CT molecular complexity index is 1310. The van der Waals surface area contributed by atoms with Crippen molar-refractivity contribution in [1.29, 1.82) is 0 Å². The fourth-order valence-corrected chi connectivity index (χ4v) is 4.67. The van der Waals surface area contributed by atoms with Crippen molar-refractivity contribution >= 4 is 27.5 Å². The molecule has 0 spiro atoms. The largest absolute Gasteiger partial charge is 0.334 e. The molecule has 156 valence electrons. The van der Waals surface area contributed by atoms with Crippen LogP contribution >= 0.6 is 11.3 Å². The molecule has 31 heavy (non-hydrogen) atoms. The van der Waals surface area contributed by atoms with Crippen LogP contribution in [0.2, 0.25) is 0 Å². The molecule has 1 aliphatic carbocycles. The van der Waals surface area contributed by atoms with E-state index in [1.807, 2.05) is 35.7 Å². The van der Waals surface area contributed by atoms with E-state index in [-0.39, 0.29) is 36.4 Å². The highest BCUT2D eigenvalue weighted by Gasteiger charge is 2.33. The van der Waals surface area contributed by atoms with Crippen molar-refractivity contribution in [3.63, 3.8) is 0 Å². The summed E-state index contributed by atoms with van der Waals surface area (Å²) in [5, 5.41) is 2.45. The lowest BCUT2D eigenvalue weighted by molar-refractivity contribution is -0.133. The highest BCUT2D eigenvalue weighted by Crippen LogP contribution is 2.31. The van der Waals surface area contributed by atoms with E-state index >= 15 is 0 Å². The molecule has 0 bridgehead atoms. The highest BCUT2D eigenvalue weighted by molar-refractivity contribution is 7.17. The van der Waals surface area contributed by atoms with Crippen LogP contribution < -0.4 is 5.56 Å². The summed E-state index contributed by atoms with van der Waals surface area (Å²) in [6.07, 6.45) is 3.23. The molecule has 0 N–H and O–H groups in total. The minimum atomic E-state index is -0.327. The van der Waals surface area contributed by atoms with Crippen LogP contribution in [0.4, 0.5) is 4.39 Å². The topological polar surface area (TPSA) is 55.2 Å². The molecule has 5 rings (SSSR count). The van der Waals surface area contributed by atoms with Gasteiger partial charge in [0.15, 0.2) is 0 Å². The Hall–Kier alpha value is -3.32. The van der Waals surface area contributed by atoms with Crippen molar-refractivity contribution in [2.24, 2.45) is 0 Å². The smallest absolute Gasteiger partial charge is 0.263 e. The van der Waals surface area contributed by atoms with E-state index in [0.717, 1.165) is 24.0 Å². The minimum absolute atomic E-state index is 0.0977. The molecule has 2 aromatic carbocycles. The Morgan fingerprint density at radius 2 is 1.87 bits per heavy atom. The average molecular weight is 434 g/mol. The van der Waals surface area contributed by atoms with Gasteiger partial charge in [0.2, 0.25) is 5.91 Å². The predicted molar refractivity (Wildman–Crippen MR) is 119 cm³/mol. The van der Waals surface area contributed by atoms with Gasteiger partial charge in [-0.3, -0.25) is 14.2 Å². The van der Waals surface area contributed by atoms with Gasteiger partial charge in [-0.25, -0.2) is 9.37 Å². The molecule has 0 radical (unpaired) electrons. The fourth-order valence-electron chi connectivity index (χ4n) is 3.76. The number of nitrogens with zero attached hydrogens (tertiary/aromatic N) is 3. The van der Waals surface area contributed by atoms with Crippen LogP contribution in [0, 0.1) is 5.82 Å². The Labute approximate surface area is 182 Å². The zero-order valence-corrected chi connectivity index (χ0v) is 17.5. The first-order valence-corrected chi connectivity index (χ1v) is 11.0. The van der Waals surface area contributed by atoms with E-state index in [1.165, 1.54) is 28.3 Å². The van der Waals surface area contributed by atoms with Gasteiger partial charge in [-0.15, -0.1) is 11.3 Å². The first kappa shape index (κ1) is 19.6. The van der Waals surface area contributed by atoms with Gasteiger partial charge in [0, 0.05) is 29.1 Å². The van der Waals surface area contributed by atoms with Gasteiger partial charge in [-0.05, 0) is 24.5 Å².